The van der Waals surface area contributed by atoms with Crippen LogP contribution in [0.3, 0.4) is 0 Å². The SMILES string of the molecule is CC(C)(C)[Si](C)(C)OCC[C@@H]1CCC=CC(=O)O1. The Morgan fingerprint density at radius 2 is 2.11 bits per heavy atom. The Kier molecular flexibility index (Phi) is 5.17. The predicted molar refractivity (Wildman–Crippen MR) is 76.0 cm³/mol. The van der Waals surface area contributed by atoms with Crippen molar-refractivity contribution in [1.29, 1.82) is 0 Å². The Morgan fingerprint density at radius 1 is 1.44 bits per heavy atom. The zero-order valence-electron chi connectivity index (χ0n) is 12.3. The molecule has 0 fully saturated rings. The Bertz CT molecular complexity index is 315. The van der Waals surface area contributed by atoms with Crippen LogP contribution >= 0.6 is 0 Å². The van der Waals surface area contributed by atoms with Crippen LogP contribution < -0.4 is 0 Å². The lowest BCUT2D eigenvalue weighted by Crippen LogP contribution is -2.41. The molecule has 1 aliphatic heterocycles. The molecule has 0 aromatic carbocycles. The molecule has 1 aliphatic rings. The highest BCUT2D eigenvalue weighted by Gasteiger charge is 2.37. The lowest BCUT2D eigenvalue weighted by Gasteiger charge is -2.36. The molecule has 0 unspecified atom stereocenters. The first-order chi connectivity index (χ1) is 8.22. The van der Waals surface area contributed by atoms with Crippen LogP contribution in [0.25, 0.3) is 0 Å². The van der Waals surface area contributed by atoms with Crippen molar-refractivity contribution < 1.29 is 14.0 Å². The third-order valence-electron chi connectivity index (χ3n) is 3.90. The molecule has 0 aromatic heterocycles. The molecular weight excluding hydrogens is 244 g/mol. The number of hydrogen-bond donors (Lipinski definition) is 0. The minimum atomic E-state index is -1.68. The highest BCUT2D eigenvalue weighted by Crippen LogP contribution is 2.36. The van der Waals surface area contributed by atoms with Gasteiger partial charge in [-0.3, -0.25) is 0 Å². The molecule has 18 heavy (non-hydrogen) atoms. The summed E-state index contributed by atoms with van der Waals surface area (Å²) in [5, 5.41) is 0.231. The van der Waals surface area contributed by atoms with Crippen molar-refractivity contribution in [2.75, 3.05) is 6.61 Å². The fraction of sp³-hybridized carbons (Fsp3) is 0.786. The van der Waals surface area contributed by atoms with Gasteiger partial charge < -0.3 is 9.16 Å². The van der Waals surface area contributed by atoms with E-state index in [1.165, 1.54) is 6.08 Å². The van der Waals surface area contributed by atoms with Crippen LogP contribution in [0.1, 0.15) is 40.0 Å². The van der Waals surface area contributed by atoms with Crippen molar-refractivity contribution in [1.82, 2.24) is 0 Å². The summed E-state index contributed by atoms with van der Waals surface area (Å²) in [5.41, 5.74) is 0. The second-order valence-corrected chi connectivity index (χ2v) is 11.2. The first-order valence-electron chi connectivity index (χ1n) is 6.73. The fourth-order valence-electron chi connectivity index (χ4n) is 1.59. The van der Waals surface area contributed by atoms with Crippen LogP contribution in [-0.2, 0) is 14.0 Å². The molecule has 0 bridgehead atoms. The standard InChI is InChI=1S/C14H26O3Si/c1-14(2,3)18(4,5)16-11-10-12-8-6-7-9-13(15)17-12/h7,9,12H,6,8,10-11H2,1-5H3/t12-/m0/s1. The van der Waals surface area contributed by atoms with Gasteiger partial charge in [0, 0.05) is 19.1 Å². The maximum absolute atomic E-state index is 11.3. The molecule has 1 heterocycles. The molecule has 0 N–H and O–H groups in total. The minimum Gasteiger partial charge on any atom is -0.459 e. The lowest BCUT2D eigenvalue weighted by molar-refractivity contribution is -0.143. The van der Waals surface area contributed by atoms with Crippen molar-refractivity contribution in [3.05, 3.63) is 12.2 Å². The van der Waals surface area contributed by atoms with Crippen LogP contribution in [0.4, 0.5) is 0 Å². The van der Waals surface area contributed by atoms with Gasteiger partial charge in [0.1, 0.15) is 6.10 Å². The number of ether oxygens (including phenoxy) is 1. The molecule has 0 aliphatic carbocycles. The van der Waals surface area contributed by atoms with E-state index >= 15 is 0 Å². The van der Waals surface area contributed by atoms with E-state index in [2.05, 4.69) is 33.9 Å². The Labute approximate surface area is 112 Å². The summed E-state index contributed by atoms with van der Waals surface area (Å²) in [7, 11) is -1.68. The highest BCUT2D eigenvalue weighted by atomic mass is 28.4. The average Bonchev–Trinajstić information content (AvgIpc) is 2.41. The summed E-state index contributed by atoms with van der Waals surface area (Å²) in [6, 6.07) is 0. The summed E-state index contributed by atoms with van der Waals surface area (Å²) in [6.45, 7) is 11.9. The maximum atomic E-state index is 11.3. The normalized spacial score (nSPS) is 21.6. The van der Waals surface area contributed by atoms with E-state index in [4.69, 9.17) is 9.16 Å². The van der Waals surface area contributed by atoms with Gasteiger partial charge in [-0.1, -0.05) is 26.8 Å². The lowest BCUT2D eigenvalue weighted by atomic mass is 10.1. The number of carbonyl (C=O) groups excluding carboxylic acids is 1. The molecule has 1 rings (SSSR count). The van der Waals surface area contributed by atoms with E-state index in [0.29, 0.717) is 6.61 Å². The topological polar surface area (TPSA) is 35.5 Å². The zero-order valence-corrected chi connectivity index (χ0v) is 13.3. The van der Waals surface area contributed by atoms with E-state index in [1.54, 1.807) is 0 Å². The Balaban J connectivity index is 2.36. The van der Waals surface area contributed by atoms with E-state index in [9.17, 15) is 4.79 Å². The molecule has 1 atom stereocenters. The summed E-state index contributed by atoms with van der Waals surface area (Å²) in [4.78, 5) is 11.3. The number of allylic oxidation sites excluding steroid dienone is 1. The third kappa shape index (κ3) is 4.57. The van der Waals surface area contributed by atoms with Crippen molar-refractivity contribution in [3.63, 3.8) is 0 Å². The molecule has 0 spiro atoms. The van der Waals surface area contributed by atoms with Crippen molar-refractivity contribution >= 4 is 14.3 Å². The van der Waals surface area contributed by atoms with Crippen LogP contribution in [0.15, 0.2) is 12.2 Å². The first-order valence-corrected chi connectivity index (χ1v) is 9.64. The molecule has 0 saturated carbocycles. The van der Waals surface area contributed by atoms with Gasteiger partial charge in [-0.25, -0.2) is 4.79 Å². The number of esters is 1. The predicted octanol–water partition coefficient (Wildman–Crippen LogP) is 3.66. The quantitative estimate of drug-likeness (QED) is 0.577. The first kappa shape index (κ1) is 15.4. The van der Waals surface area contributed by atoms with Crippen LogP contribution in [0.5, 0.6) is 0 Å². The van der Waals surface area contributed by atoms with E-state index < -0.39 is 8.32 Å². The minimum absolute atomic E-state index is 0.0114. The van der Waals surface area contributed by atoms with Gasteiger partial charge in [-0.2, -0.15) is 0 Å². The van der Waals surface area contributed by atoms with E-state index in [0.717, 1.165) is 19.3 Å². The number of hydrogen-bond acceptors (Lipinski definition) is 3. The van der Waals surface area contributed by atoms with Gasteiger partial charge in [0.25, 0.3) is 0 Å². The molecule has 0 aromatic rings. The highest BCUT2D eigenvalue weighted by molar-refractivity contribution is 6.74. The summed E-state index contributed by atoms with van der Waals surface area (Å²) in [6.07, 6.45) is 6.04. The van der Waals surface area contributed by atoms with Crippen molar-refractivity contribution in [2.24, 2.45) is 0 Å². The van der Waals surface area contributed by atoms with Crippen molar-refractivity contribution in [3.8, 4) is 0 Å². The molecular formula is C14H26O3Si. The third-order valence-corrected chi connectivity index (χ3v) is 8.44. The molecule has 0 saturated heterocycles. The Hall–Kier alpha value is -0.613. The Morgan fingerprint density at radius 3 is 2.72 bits per heavy atom. The number of cyclic esters (lactones) is 1. The van der Waals surface area contributed by atoms with Gasteiger partial charge in [0.15, 0.2) is 8.32 Å². The summed E-state index contributed by atoms with van der Waals surface area (Å²) in [5.74, 6) is -0.218. The second kappa shape index (κ2) is 6.02. The van der Waals surface area contributed by atoms with Crippen molar-refractivity contribution in [2.45, 2.75) is 64.3 Å². The second-order valence-electron chi connectivity index (χ2n) is 6.44. The van der Waals surface area contributed by atoms with Gasteiger partial charge in [-0.15, -0.1) is 0 Å². The van der Waals surface area contributed by atoms with E-state index in [1.807, 2.05) is 6.08 Å². The summed E-state index contributed by atoms with van der Waals surface area (Å²) < 4.78 is 11.4. The monoisotopic (exact) mass is 270 g/mol. The van der Waals surface area contributed by atoms with Gasteiger partial charge in [0.2, 0.25) is 0 Å². The number of carbonyl (C=O) groups is 1. The molecule has 0 radical (unpaired) electrons. The smallest absolute Gasteiger partial charge is 0.330 e. The van der Waals surface area contributed by atoms with Crippen LogP contribution in [-0.4, -0.2) is 27.0 Å². The van der Waals surface area contributed by atoms with Gasteiger partial charge in [-0.05, 0) is 31.0 Å². The molecule has 0 amide bonds. The van der Waals surface area contributed by atoms with Gasteiger partial charge >= 0.3 is 5.97 Å². The molecule has 4 heteroatoms. The fourth-order valence-corrected chi connectivity index (χ4v) is 2.65. The van der Waals surface area contributed by atoms with E-state index in [-0.39, 0.29) is 17.1 Å². The summed E-state index contributed by atoms with van der Waals surface area (Å²) >= 11 is 0. The largest absolute Gasteiger partial charge is 0.459 e. The number of rotatable bonds is 4. The van der Waals surface area contributed by atoms with Gasteiger partial charge in [0.05, 0.1) is 0 Å². The maximum Gasteiger partial charge on any atom is 0.330 e. The van der Waals surface area contributed by atoms with Crippen LogP contribution in [0, 0.1) is 0 Å². The average molecular weight is 270 g/mol. The van der Waals surface area contributed by atoms with Crippen LogP contribution in [0.2, 0.25) is 18.1 Å². The molecule has 3 nitrogen and oxygen atoms in total. The molecule has 104 valence electrons. The zero-order chi connectivity index (χ0) is 13.8.